The second-order valence-electron chi connectivity index (χ2n) is 2.92. The van der Waals surface area contributed by atoms with Gasteiger partial charge >= 0.3 is 0 Å². The monoisotopic (exact) mass is 215 g/mol. The molecule has 3 nitrogen and oxygen atoms in total. The second kappa shape index (κ2) is 5.20. The quantitative estimate of drug-likeness (QED) is 0.802. The lowest BCUT2D eigenvalue weighted by atomic mass is 10.1. The Balaban J connectivity index is 2.95. The maximum atomic E-state index is 9.06. The Morgan fingerprint density at radius 1 is 1.57 bits per heavy atom. The largest absolute Gasteiger partial charge is 0.495 e. The highest BCUT2D eigenvalue weighted by atomic mass is 35.5. The molecule has 1 atom stereocenters. The van der Waals surface area contributed by atoms with Gasteiger partial charge in [-0.1, -0.05) is 17.7 Å². The minimum absolute atomic E-state index is 0.0408. The maximum absolute atomic E-state index is 9.06. The van der Waals surface area contributed by atoms with Crippen molar-refractivity contribution in [3.8, 4) is 5.75 Å². The van der Waals surface area contributed by atoms with Crippen LogP contribution >= 0.6 is 11.6 Å². The van der Waals surface area contributed by atoms with E-state index >= 15 is 0 Å². The van der Waals surface area contributed by atoms with E-state index in [0.29, 0.717) is 10.8 Å². The smallest absolute Gasteiger partial charge is 0.137 e. The summed E-state index contributed by atoms with van der Waals surface area (Å²) in [4.78, 5) is 0. The fourth-order valence-corrected chi connectivity index (χ4v) is 1.53. The second-order valence-corrected chi connectivity index (χ2v) is 3.33. The van der Waals surface area contributed by atoms with Gasteiger partial charge in [0, 0.05) is 0 Å². The van der Waals surface area contributed by atoms with Crippen LogP contribution in [0.1, 0.15) is 11.6 Å². The number of aliphatic hydroxyl groups is 1. The highest BCUT2D eigenvalue weighted by molar-refractivity contribution is 6.32. The molecule has 4 heteroatoms. The first-order valence-electron chi connectivity index (χ1n) is 4.34. The molecule has 0 bridgehead atoms. The van der Waals surface area contributed by atoms with Gasteiger partial charge in [0.25, 0.3) is 0 Å². The Labute approximate surface area is 88.7 Å². The molecule has 1 aromatic rings. The lowest BCUT2D eigenvalue weighted by Gasteiger charge is -2.14. The standard InChI is InChI=1S/C10H14ClNO2/c1-12-9(6-13)7-3-4-10(14-2)8(11)5-7/h3-5,9,12-13H,6H2,1-2H3. The molecular formula is C10H14ClNO2. The van der Waals surface area contributed by atoms with Crippen LogP contribution in [-0.2, 0) is 0 Å². The predicted octanol–water partition coefficient (Wildman–Crippen LogP) is 1.60. The number of ether oxygens (including phenoxy) is 1. The third-order valence-corrected chi connectivity index (χ3v) is 2.40. The van der Waals surface area contributed by atoms with Crippen LogP contribution < -0.4 is 10.1 Å². The zero-order valence-electron chi connectivity index (χ0n) is 8.25. The van der Waals surface area contributed by atoms with E-state index in [2.05, 4.69) is 5.32 Å². The van der Waals surface area contributed by atoms with E-state index in [9.17, 15) is 0 Å². The van der Waals surface area contributed by atoms with Crippen LogP contribution in [0.15, 0.2) is 18.2 Å². The van der Waals surface area contributed by atoms with Crippen LogP contribution in [0.3, 0.4) is 0 Å². The van der Waals surface area contributed by atoms with Crippen molar-refractivity contribution in [3.63, 3.8) is 0 Å². The fourth-order valence-electron chi connectivity index (χ4n) is 1.26. The van der Waals surface area contributed by atoms with Gasteiger partial charge < -0.3 is 15.2 Å². The van der Waals surface area contributed by atoms with Crippen LogP contribution in [0.5, 0.6) is 5.75 Å². The van der Waals surface area contributed by atoms with Crippen molar-refractivity contribution in [1.29, 1.82) is 0 Å². The molecule has 1 rings (SSSR count). The summed E-state index contributed by atoms with van der Waals surface area (Å²) in [6.45, 7) is 0.0408. The Bertz CT molecular complexity index is 300. The number of benzene rings is 1. The summed E-state index contributed by atoms with van der Waals surface area (Å²) >= 11 is 5.95. The van der Waals surface area contributed by atoms with Crippen molar-refractivity contribution in [2.45, 2.75) is 6.04 Å². The third-order valence-electron chi connectivity index (χ3n) is 2.11. The molecule has 14 heavy (non-hydrogen) atoms. The topological polar surface area (TPSA) is 41.5 Å². The number of halogens is 1. The van der Waals surface area contributed by atoms with Crippen molar-refractivity contribution < 1.29 is 9.84 Å². The minimum atomic E-state index is -0.0848. The van der Waals surface area contributed by atoms with Gasteiger partial charge in [-0.3, -0.25) is 0 Å². The molecule has 0 aliphatic carbocycles. The molecule has 1 aromatic carbocycles. The van der Waals surface area contributed by atoms with E-state index in [4.69, 9.17) is 21.4 Å². The van der Waals surface area contributed by atoms with Crippen molar-refractivity contribution in [2.24, 2.45) is 0 Å². The molecule has 0 amide bonds. The van der Waals surface area contributed by atoms with Gasteiger partial charge in [-0.15, -0.1) is 0 Å². The average molecular weight is 216 g/mol. The molecule has 0 aliphatic heterocycles. The molecule has 0 fully saturated rings. The number of aliphatic hydroxyl groups excluding tert-OH is 1. The van der Waals surface area contributed by atoms with Crippen molar-refractivity contribution in [1.82, 2.24) is 5.32 Å². The average Bonchev–Trinajstić information content (AvgIpc) is 2.20. The Morgan fingerprint density at radius 3 is 2.71 bits per heavy atom. The normalized spacial score (nSPS) is 12.6. The van der Waals surface area contributed by atoms with Gasteiger partial charge in [0.1, 0.15) is 5.75 Å². The van der Waals surface area contributed by atoms with Crippen molar-refractivity contribution >= 4 is 11.6 Å². The first-order chi connectivity index (χ1) is 6.72. The van der Waals surface area contributed by atoms with Gasteiger partial charge in [0.05, 0.1) is 24.8 Å². The Kier molecular flexibility index (Phi) is 4.20. The molecule has 0 aliphatic rings. The van der Waals surface area contributed by atoms with E-state index in [0.717, 1.165) is 5.56 Å². The van der Waals surface area contributed by atoms with Crippen molar-refractivity contribution in [2.75, 3.05) is 20.8 Å². The van der Waals surface area contributed by atoms with Crippen LogP contribution in [0.2, 0.25) is 5.02 Å². The molecule has 0 aromatic heterocycles. The van der Waals surface area contributed by atoms with Crippen LogP contribution in [0.25, 0.3) is 0 Å². The summed E-state index contributed by atoms with van der Waals surface area (Å²) in [5, 5.41) is 12.6. The lowest BCUT2D eigenvalue weighted by molar-refractivity contribution is 0.251. The molecule has 0 saturated heterocycles. The van der Waals surface area contributed by atoms with E-state index in [1.54, 1.807) is 26.3 Å². The zero-order valence-corrected chi connectivity index (χ0v) is 9.01. The van der Waals surface area contributed by atoms with Gasteiger partial charge in [-0.2, -0.15) is 0 Å². The Morgan fingerprint density at radius 2 is 2.29 bits per heavy atom. The molecule has 78 valence electrons. The van der Waals surface area contributed by atoms with E-state index < -0.39 is 0 Å². The fraction of sp³-hybridized carbons (Fsp3) is 0.400. The minimum Gasteiger partial charge on any atom is -0.495 e. The zero-order chi connectivity index (χ0) is 10.6. The predicted molar refractivity (Wildman–Crippen MR) is 56.9 cm³/mol. The summed E-state index contributed by atoms with van der Waals surface area (Å²) in [6.07, 6.45) is 0. The summed E-state index contributed by atoms with van der Waals surface area (Å²) in [5.74, 6) is 0.642. The lowest BCUT2D eigenvalue weighted by Crippen LogP contribution is -2.19. The molecule has 1 unspecified atom stereocenters. The molecule has 0 spiro atoms. The summed E-state index contributed by atoms with van der Waals surface area (Å²) in [6, 6.07) is 5.37. The van der Waals surface area contributed by atoms with E-state index in [1.807, 2.05) is 6.07 Å². The molecular weight excluding hydrogens is 202 g/mol. The summed E-state index contributed by atoms with van der Waals surface area (Å²) in [7, 11) is 3.36. The summed E-state index contributed by atoms with van der Waals surface area (Å²) in [5.41, 5.74) is 0.945. The highest BCUT2D eigenvalue weighted by Crippen LogP contribution is 2.27. The first-order valence-corrected chi connectivity index (χ1v) is 4.72. The number of nitrogens with one attached hydrogen (secondary N) is 1. The Hall–Kier alpha value is -0.770. The maximum Gasteiger partial charge on any atom is 0.137 e. The number of hydrogen-bond acceptors (Lipinski definition) is 3. The first kappa shape index (κ1) is 11.3. The molecule has 2 N–H and O–H groups in total. The molecule has 0 saturated carbocycles. The molecule has 0 heterocycles. The van der Waals surface area contributed by atoms with Gasteiger partial charge in [-0.25, -0.2) is 0 Å². The highest BCUT2D eigenvalue weighted by Gasteiger charge is 2.09. The number of likely N-dealkylation sites (N-methyl/N-ethyl adjacent to an activating group) is 1. The van der Waals surface area contributed by atoms with Crippen LogP contribution in [0.4, 0.5) is 0 Å². The number of methoxy groups -OCH3 is 1. The SMILES string of the molecule is CNC(CO)c1ccc(OC)c(Cl)c1. The summed E-state index contributed by atoms with van der Waals surface area (Å²) < 4.78 is 5.03. The third kappa shape index (κ3) is 2.38. The van der Waals surface area contributed by atoms with Gasteiger partial charge in [0.2, 0.25) is 0 Å². The molecule has 0 radical (unpaired) electrons. The van der Waals surface area contributed by atoms with Crippen molar-refractivity contribution in [3.05, 3.63) is 28.8 Å². The van der Waals surface area contributed by atoms with E-state index in [-0.39, 0.29) is 12.6 Å². The van der Waals surface area contributed by atoms with Crippen LogP contribution in [0, 0.1) is 0 Å². The van der Waals surface area contributed by atoms with Gasteiger partial charge in [-0.05, 0) is 24.7 Å². The van der Waals surface area contributed by atoms with E-state index in [1.165, 1.54) is 0 Å². The number of rotatable bonds is 4. The van der Waals surface area contributed by atoms with Crippen LogP contribution in [-0.4, -0.2) is 25.9 Å². The van der Waals surface area contributed by atoms with Gasteiger partial charge in [0.15, 0.2) is 0 Å². The number of hydrogen-bond donors (Lipinski definition) is 2.